The Morgan fingerprint density at radius 1 is 0.969 bits per heavy atom. The van der Waals surface area contributed by atoms with Gasteiger partial charge in [0.25, 0.3) is 0 Å². The van der Waals surface area contributed by atoms with E-state index in [0.717, 1.165) is 0 Å². The molecule has 0 aliphatic carbocycles. The Bertz CT molecular complexity index is 1280. The summed E-state index contributed by atoms with van der Waals surface area (Å²) in [6, 6.07) is 1.50. The normalized spacial score (nSPS) is 11.6. The molecule has 32 heavy (non-hydrogen) atoms. The first kappa shape index (κ1) is 23.4. The summed E-state index contributed by atoms with van der Waals surface area (Å²) in [6.07, 6.45) is 9.43. The van der Waals surface area contributed by atoms with Crippen LogP contribution in [0.15, 0.2) is 30.9 Å². The summed E-state index contributed by atoms with van der Waals surface area (Å²) in [5.74, 6) is 1.79. The van der Waals surface area contributed by atoms with Crippen LogP contribution in [0.3, 0.4) is 0 Å². The average molecular weight is 608 g/mol. The van der Waals surface area contributed by atoms with Gasteiger partial charge in [0.2, 0.25) is 0 Å². The molecule has 4 rings (SSSR count). The first-order valence-corrected chi connectivity index (χ1v) is 9.57. The summed E-state index contributed by atoms with van der Waals surface area (Å²) in [5, 5.41) is 12.5. The standard InChI is InChI=1S/C21H20N10.Pt/c1-20(2,3)19-27-18(28-29-19)13-9-23-10-14(25-13)21(4,5)15-11-24-12-17(26-15)31-8-7-16(22-6)30-31;/h7,9-12H,1-5H3;/q-2;+2. The average Bonchev–Trinajstić information content (AvgIpc) is 3.44. The van der Waals surface area contributed by atoms with E-state index < -0.39 is 5.41 Å². The second kappa shape index (κ2) is 8.67. The van der Waals surface area contributed by atoms with Crippen LogP contribution in [0.25, 0.3) is 22.2 Å². The van der Waals surface area contributed by atoms with Crippen molar-refractivity contribution in [2.24, 2.45) is 0 Å². The van der Waals surface area contributed by atoms with Gasteiger partial charge in [0.1, 0.15) is 0 Å². The molecule has 0 saturated carbocycles. The molecule has 164 valence electrons. The van der Waals surface area contributed by atoms with Gasteiger partial charge in [0.15, 0.2) is 0 Å². The first-order chi connectivity index (χ1) is 14.7. The fraction of sp³-hybridized carbons (Fsp3) is 0.333. The Balaban J connectivity index is 0.00000289. The molecule has 0 aromatic carbocycles. The Morgan fingerprint density at radius 2 is 1.66 bits per heavy atom. The van der Waals surface area contributed by atoms with Crippen molar-refractivity contribution >= 4 is 5.82 Å². The van der Waals surface area contributed by atoms with Crippen LogP contribution < -0.4 is 5.10 Å². The number of hydrogen-bond acceptors (Lipinski definition) is 7. The summed E-state index contributed by atoms with van der Waals surface area (Å²) >= 11 is 0. The molecule has 4 aromatic heterocycles. The molecule has 0 amide bonds. The van der Waals surface area contributed by atoms with Gasteiger partial charge in [-0.1, -0.05) is 27.3 Å². The predicted molar refractivity (Wildman–Crippen MR) is 111 cm³/mol. The molecular formula is C21H20N10Pt. The van der Waals surface area contributed by atoms with Gasteiger partial charge < -0.3 is 14.9 Å². The third-order valence-corrected chi connectivity index (χ3v) is 4.74. The van der Waals surface area contributed by atoms with E-state index in [1.54, 1.807) is 24.8 Å². The minimum Gasteiger partial charge on any atom is -0.420 e. The van der Waals surface area contributed by atoms with E-state index in [1.807, 2.05) is 34.6 Å². The molecule has 0 aliphatic heterocycles. The van der Waals surface area contributed by atoms with Crippen LogP contribution in [0.2, 0.25) is 0 Å². The topological polar surface area (TPSA) is 114 Å². The van der Waals surface area contributed by atoms with Crippen molar-refractivity contribution < 1.29 is 21.1 Å². The molecule has 0 atom stereocenters. The second-order valence-electron chi connectivity index (χ2n) is 8.54. The van der Waals surface area contributed by atoms with E-state index in [4.69, 9.17) is 11.6 Å². The summed E-state index contributed by atoms with van der Waals surface area (Å²) in [7, 11) is 0. The van der Waals surface area contributed by atoms with Gasteiger partial charge in [-0.15, -0.1) is 0 Å². The zero-order chi connectivity index (χ0) is 22.2. The summed E-state index contributed by atoms with van der Waals surface area (Å²) < 4.78 is 1.40. The van der Waals surface area contributed by atoms with E-state index in [1.165, 1.54) is 10.7 Å². The van der Waals surface area contributed by atoms with Crippen molar-refractivity contribution in [1.29, 1.82) is 0 Å². The summed E-state index contributed by atoms with van der Waals surface area (Å²) in [5.41, 5.74) is 1.07. The van der Waals surface area contributed by atoms with Crippen LogP contribution >= 0.6 is 0 Å². The molecule has 4 aromatic rings. The molecule has 0 unspecified atom stereocenters. The predicted octanol–water partition coefficient (Wildman–Crippen LogP) is 2.84. The molecule has 4 heterocycles. The molecule has 0 aliphatic rings. The van der Waals surface area contributed by atoms with E-state index >= 15 is 0 Å². The van der Waals surface area contributed by atoms with Crippen LogP contribution in [-0.2, 0) is 31.9 Å². The van der Waals surface area contributed by atoms with Crippen molar-refractivity contribution in [3.05, 3.63) is 65.7 Å². The van der Waals surface area contributed by atoms with Crippen LogP contribution in [0.1, 0.15) is 51.8 Å². The summed E-state index contributed by atoms with van der Waals surface area (Å²) in [6.45, 7) is 17.1. The van der Waals surface area contributed by atoms with Crippen molar-refractivity contribution in [1.82, 2.24) is 44.9 Å². The Kier molecular flexibility index (Phi) is 6.33. The van der Waals surface area contributed by atoms with Crippen LogP contribution in [-0.4, -0.2) is 39.8 Å². The Hall–Kier alpha value is -3.31. The number of hydrogen-bond donors (Lipinski definition) is 0. The minimum atomic E-state index is -0.616. The maximum absolute atomic E-state index is 7.06. The fourth-order valence-corrected chi connectivity index (χ4v) is 2.78. The monoisotopic (exact) mass is 607 g/mol. The SMILES string of the molecule is [C-]#[N+]c1c[c-]n(-c2cncc(C(C)(C)c3cncc(-c4nc(C(C)(C)C)n[n-]4)n3)n2)n1.[Pt+2]. The van der Waals surface area contributed by atoms with Crippen molar-refractivity contribution in [2.75, 3.05) is 0 Å². The van der Waals surface area contributed by atoms with Gasteiger partial charge in [-0.05, 0) is 37.0 Å². The van der Waals surface area contributed by atoms with Crippen LogP contribution in [0.5, 0.6) is 0 Å². The molecule has 0 fully saturated rings. The zero-order valence-electron chi connectivity index (χ0n) is 18.2. The molecule has 0 N–H and O–H groups in total. The molecule has 0 radical (unpaired) electrons. The maximum Gasteiger partial charge on any atom is 2.00 e. The smallest absolute Gasteiger partial charge is 0.420 e. The van der Waals surface area contributed by atoms with Crippen molar-refractivity contribution in [3.8, 4) is 17.3 Å². The van der Waals surface area contributed by atoms with Gasteiger partial charge in [0.05, 0.1) is 34.5 Å². The molecule has 0 saturated heterocycles. The quantitative estimate of drug-likeness (QED) is 0.326. The second-order valence-corrected chi connectivity index (χ2v) is 8.54. The third kappa shape index (κ3) is 4.48. The Morgan fingerprint density at radius 3 is 2.28 bits per heavy atom. The molecular weight excluding hydrogens is 587 g/mol. The first-order valence-electron chi connectivity index (χ1n) is 9.57. The van der Waals surface area contributed by atoms with Gasteiger partial charge in [-0.2, -0.15) is 0 Å². The molecule has 0 spiro atoms. The van der Waals surface area contributed by atoms with E-state index in [2.05, 4.69) is 46.3 Å². The fourth-order valence-electron chi connectivity index (χ4n) is 2.78. The van der Waals surface area contributed by atoms with Crippen molar-refractivity contribution in [2.45, 2.75) is 45.4 Å². The zero-order valence-corrected chi connectivity index (χ0v) is 20.4. The Labute approximate surface area is 200 Å². The maximum atomic E-state index is 7.06. The van der Waals surface area contributed by atoms with Gasteiger partial charge in [0, 0.05) is 29.8 Å². The van der Waals surface area contributed by atoms with Crippen molar-refractivity contribution in [3.63, 3.8) is 0 Å². The number of nitrogens with zero attached hydrogens (tertiary/aromatic N) is 10. The largest absolute Gasteiger partial charge is 2.00 e. The molecule has 0 bridgehead atoms. The van der Waals surface area contributed by atoms with Crippen LogP contribution in [0, 0.1) is 12.8 Å². The van der Waals surface area contributed by atoms with E-state index in [0.29, 0.717) is 34.5 Å². The summed E-state index contributed by atoms with van der Waals surface area (Å²) in [4.78, 5) is 25.9. The number of rotatable bonds is 4. The molecule has 10 nitrogen and oxygen atoms in total. The van der Waals surface area contributed by atoms with Gasteiger partial charge in [-0.3, -0.25) is 20.1 Å². The third-order valence-electron chi connectivity index (χ3n) is 4.74. The minimum absolute atomic E-state index is 0. The van der Waals surface area contributed by atoms with E-state index in [-0.39, 0.29) is 32.3 Å². The van der Waals surface area contributed by atoms with E-state index in [9.17, 15) is 0 Å². The number of aromatic nitrogens is 9. The van der Waals surface area contributed by atoms with Gasteiger partial charge >= 0.3 is 26.9 Å². The van der Waals surface area contributed by atoms with Gasteiger partial charge in [-0.25, -0.2) is 9.67 Å². The molecule has 11 heteroatoms. The van der Waals surface area contributed by atoms with Crippen LogP contribution in [0.4, 0.5) is 5.82 Å².